The topological polar surface area (TPSA) is 41.6 Å². The number of halogens is 1. The van der Waals surface area contributed by atoms with Gasteiger partial charge in [0.15, 0.2) is 6.61 Å². The zero-order chi connectivity index (χ0) is 18.9. The molecule has 3 rings (SSSR count). The van der Waals surface area contributed by atoms with Crippen molar-refractivity contribution in [1.29, 1.82) is 0 Å². The van der Waals surface area contributed by atoms with Crippen molar-refractivity contribution in [3.8, 4) is 5.75 Å². The van der Waals surface area contributed by atoms with Gasteiger partial charge in [-0.15, -0.1) is 0 Å². The molecule has 1 amide bonds. The Labute approximate surface area is 160 Å². The van der Waals surface area contributed by atoms with E-state index in [1.807, 2.05) is 0 Å². The summed E-state index contributed by atoms with van der Waals surface area (Å²) in [4.78, 5) is 14.3. The molecule has 0 aromatic heterocycles. The lowest BCUT2D eigenvalue weighted by atomic mass is 10.1. The molecule has 0 atom stereocenters. The largest absolute Gasteiger partial charge is 0.484 e. The molecular formula is C22H27FN2O2. The van der Waals surface area contributed by atoms with Crippen LogP contribution in [0.2, 0.25) is 0 Å². The van der Waals surface area contributed by atoms with E-state index in [1.54, 1.807) is 0 Å². The molecule has 1 aliphatic rings. The number of nitrogens with one attached hydrogen (secondary N) is 1. The molecule has 0 radical (unpaired) electrons. The second kappa shape index (κ2) is 9.95. The van der Waals surface area contributed by atoms with Gasteiger partial charge in [0.05, 0.1) is 0 Å². The third-order valence-corrected chi connectivity index (χ3v) is 4.81. The summed E-state index contributed by atoms with van der Waals surface area (Å²) in [5.41, 5.74) is 2.59. The Kier molecular flexibility index (Phi) is 7.08. The Morgan fingerprint density at radius 3 is 2.41 bits per heavy atom. The van der Waals surface area contributed by atoms with Crippen LogP contribution in [0.4, 0.5) is 10.1 Å². The number of ether oxygens (including phenoxy) is 1. The highest BCUT2D eigenvalue weighted by molar-refractivity contribution is 5.77. The molecule has 1 aliphatic heterocycles. The predicted octanol–water partition coefficient (Wildman–Crippen LogP) is 3.94. The second-order valence-corrected chi connectivity index (χ2v) is 6.91. The minimum Gasteiger partial charge on any atom is -0.484 e. The van der Waals surface area contributed by atoms with Gasteiger partial charge in [-0.25, -0.2) is 4.39 Å². The quantitative estimate of drug-likeness (QED) is 0.716. The maximum absolute atomic E-state index is 12.8. The standard InChI is InChI=1S/C22H27FN2O2/c23-19-8-12-21(13-9-19)27-17-22(26)24-14-4-5-18-6-10-20(11-7-18)25-15-2-1-3-16-25/h6-13H,1-5,14-17H2,(H,24,26). The molecule has 4 nitrogen and oxygen atoms in total. The van der Waals surface area contributed by atoms with Crippen LogP contribution in [0, 0.1) is 5.82 Å². The van der Waals surface area contributed by atoms with Crippen molar-refractivity contribution >= 4 is 11.6 Å². The molecule has 144 valence electrons. The van der Waals surface area contributed by atoms with Gasteiger partial charge in [-0.1, -0.05) is 12.1 Å². The smallest absolute Gasteiger partial charge is 0.257 e. The van der Waals surface area contributed by atoms with Crippen LogP contribution in [0.15, 0.2) is 48.5 Å². The SMILES string of the molecule is O=C(COc1ccc(F)cc1)NCCCc1ccc(N2CCCCC2)cc1. The zero-order valence-electron chi connectivity index (χ0n) is 15.6. The first-order valence-electron chi connectivity index (χ1n) is 9.70. The van der Waals surface area contributed by atoms with Gasteiger partial charge < -0.3 is 15.0 Å². The molecule has 0 unspecified atom stereocenters. The lowest BCUT2D eigenvalue weighted by molar-refractivity contribution is -0.123. The van der Waals surface area contributed by atoms with Gasteiger partial charge in [-0.2, -0.15) is 0 Å². The molecule has 2 aromatic rings. The fourth-order valence-electron chi connectivity index (χ4n) is 3.28. The molecule has 0 aliphatic carbocycles. The molecule has 1 heterocycles. The fraction of sp³-hybridized carbons (Fsp3) is 0.409. The van der Waals surface area contributed by atoms with E-state index in [1.165, 1.54) is 54.8 Å². The van der Waals surface area contributed by atoms with Crippen molar-refractivity contribution in [3.63, 3.8) is 0 Å². The summed E-state index contributed by atoms with van der Waals surface area (Å²) < 4.78 is 18.1. The zero-order valence-corrected chi connectivity index (χ0v) is 15.6. The summed E-state index contributed by atoms with van der Waals surface area (Å²) in [5.74, 6) is -0.00382. The van der Waals surface area contributed by atoms with E-state index >= 15 is 0 Å². The highest BCUT2D eigenvalue weighted by Gasteiger charge is 2.10. The van der Waals surface area contributed by atoms with Crippen LogP contribution in [0.1, 0.15) is 31.2 Å². The van der Waals surface area contributed by atoms with Crippen molar-refractivity contribution in [2.24, 2.45) is 0 Å². The van der Waals surface area contributed by atoms with Crippen molar-refractivity contribution in [1.82, 2.24) is 5.32 Å². The van der Waals surface area contributed by atoms with Gasteiger partial charge in [-0.3, -0.25) is 4.79 Å². The molecule has 1 N–H and O–H groups in total. The van der Waals surface area contributed by atoms with Crippen LogP contribution in [0.3, 0.4) is 0 Å². The van der Waals surface area contributed by atoms with Gasteiger partial charge in [-0.05, 0) is 74.1 Å². The maximum atomic E-state index is 12.8. The van der Waals surface area contributed by atoms with Crippen molar-refractivity contribution < 1.29 is 13.9 Å². The van der Waals surface area contributed by atoms with Gasteiger partial charge in [0.2, 0.25) is 0 Å². The molecule has 5 heteroatoms. The van der Waals surface area contributed by atoms with E-state index in [-0.39, 0.29) is 18.3 Å². The van der Waals surface area contributed by atoms with E-state index in [0.717, 1.165) is 25.9 Å². The number of rotatable bonds is 8. The first-order valence-corrected chi connectivity index (χ1v) is 9.70. The minimum atomic E-state index is -0.323. The fourth-order valence-corrected chi connectivity index (χ4v) is 3.28. The van der Waals surface area contributed by atoms with Gasteiger partial charge in [0.1, 0.15) is 11.6 Å². The van der Waals surface area contributed by atoms with Crippen molar-refractivity contribution in [2.75, 3.05) is 31.1 Å². The number of carbonyl (C=O) groups excluding carboxylic acids is 1. The highest BCUT2D eigenvalue weighted by Crippen LogP contribution is 2.20. The van der Waals surface area contributed by atoms with Crippen molar-refractivity contribution in [2.45, 2.75) is 32.1 Å². The second-order valence-electron chi connectivity index (χ2n) is 6.91. The Hall–Kier alpha value is -2.56. The average molecular weight is 370 g/mol. The van der Waals surface area contributed by atoms with E-state index in [9.17, 15) is 9.18 Å². The molecule has 1 fully saturated rings. The van der Waals surface area contributed by atoms with Crippen LogP contribution in [-0.2, 0) is 11.2 Å². The Morgan fingerprint density at radius 2 is 1.70 bits per heavy atom. The van der Waals surface area contributed by atoms with Crippen LogP contribution in [0.5, 0.6) is 5.75 Å². The number of anilines is 1. The van der Waals surface area contributed by atoms with E-state index in [2.05, 4.69) is 34.5 Å². The summed E-state index contributed by atoms with van der Waals surface area (Å²) in [6.45, 7) is 2.87. The van der Waals surface area contributed by atoms with Gasteiger partial charge in [0, 0.05) is 25.3 Å². The summed E-state index contributed by atoms with van der Waals surface area (Å²) in [5, 5.41) is 2.85. The molecular weight excluding hydrogens is 343 g/mol. The molecule has 2 aromatic carbocycles. The number of amides is 1. The van der Waals surface area contributed by atoms with Crippen LogP contribution in [0.25, 0.3) is 0 Å². The average Bonchev–Trinajstić information content (AvgIpc) is 2.72. The number of carbonyl (C=O) groups is 1. The van der Waals surface area contributed by atoms with E-state index < -0.39 is 0 Å². The van der Waals surface area contributed by atoms with E-state index in [0.29, 0.717) is 12.3 Å². The number of hydrogen-bond acceptors (Lipinski definition) is 3. The molecule has 27 heavy (non-hydrogen) atoms. The third kappa shape index (κ3) is 6.27. The summed E-state index contributed by atoms with van der Waals surface area (Å²) >= 11 is 0. The monoisotopic (exact) mass is 370 g/mol. The molecule has 1 saturated heterocycles. The normalized spacial score (nSPS) is 14.0. The first-order chi connectivity index (χ1) is 13.2. The number of benzene rings is 2. The number of nitrogens with zero attached hydrogens (tertiary/aromatic N) is 1. The Morgan fingerprint density at radius 1 is 1.00 bits per heavy atom. The number of aryl methyl sites for hydroxylation is 1. The van der Waals surface area contributed by atoms with Crippen LogP contribution < -0.4 is 15.0 Å². The first kappa shape index (κ1) is 19.2. The number of hydrogen-bond donors (Lipinski definition) is 1. The summed E-state index contributed by atoms with van der Waals surface area (Å²) in [6.07, 6.45) is 5.72. The molecule has 0 saturated carbocycles. The highest BCUT2D eigenvalue weighted by atomic mass is 19.1. The maximum Gasteiger partial charge on any atom is 0.257 e. The number of piperidine rings is 1. The summed E-state index contributed by atoms with van der Waals surface area (Å²) in [6, 6.07) is 14.4. The lowest BCUT2D eigenvalue weighted by Crippen LogP contribution is -2.30. The van der Waals surface area contributed by atoms with Crippen LogP contribution >= 0.6 is 0 Å². The predicted molar refractivity (Wildman–Crippen MR) is 106 cm³/mol. The minimum absolute atomic E-state index is 0.0594. The Bertz CT molecular complexity index is 710. The van der Waals surface area contributed by atoms with Crippen LogP contribution in [-0.4, -0.2) is 32.1 Å². The Balaban J connectivity index is 1.32. The van der Waals surface area contributed by atoms with Crippen molar-refractivity contribution in [3.05, 3.63) is 59.9 Å². The third-order valence-electron chi connectivity index (χ3n) is 4.81. The molecule has 0 bridgehead atoms. The molecule has 0 spiro atoms. The lowest BCUT2D eigenvalue weighted by Gasteiger charge is -2.28. The summed E-state index contributed by atoms with van der Waals surface area (Å²) in [7, 11) is 0. The van der Waals surface area contributed by atoms with Gasteiger partial charge in [0.25, 0.3) is 5.91 Å². The van der Waals surface area contributed by atoms with Gasteiger partial charge >= 0.3 is 0 Å². The van der Waals surface area contributed by atoms with E-state index in [4.69, 9.17) is 4.74 Å².